The van der Waals surface area contributed by atoms with Crippen LogP contribution in [-0.4, -0.2) is 25.2 Å². The molecule has 0 radical (unpaired) electrons. The lowest BCUT2D eigenvalue weighted by molar-refractivity contribution is 0.756. The van der Waals surface area contributed by atoms with Gasteiger partial charge >= 0.3 is 0 Å². The highest BCUT2D eigenvalue weighted by molar-refractivity contribution is 9.10. The lowest BCUT2D eigenvalue weighted by atomic mass is 10.3. The Kier molecular flexibility index (Phi) is 3.89. The second-order valence-corrected chi connectivity index (χ2v) is 6.02. The number of nitrogens with zero attached hydrogens (tertiary/aromatic N) is 5. The summed E-state index contributed by atoms with van der Waals surface area (Å²) in [5.41, 5.74) is 8.33. The number of tetrazole rings is 1. The summed E-state index contributed by atoms with van der Waals surface area (Å²) < 4.78 is 2.53. The summed E-state index contributed by atoms with van der Waals surface area (Å²) in [5, 5.41) is 13.2. The van der Waals surface area contributed by atoms with Gasteiger partial charge in [-0.05, 0) is 62.7 Å². The van der Waals surface area contributed by atoms with Gasteiger partial charge in [0.2, 0.25) is 5.16 Å². The zero-order valence-corrected chi connectivity index (χ0v) is 13.5. The number of hydrogen-bond acceptors (Lipinski definition) is 6. The molecule has 3 rings (SSSR count). The van der Waals surface area contributed by atoms with E-state index in [1.165, 1.54) is 11.8 Å². The van der Waals surface area contributed by atoms with Crippen molar-refractivity contribution in [2.45, 2.75) is 17.1 Å². The molecule has 6 nitrogen and oxygen atoms in total. The zero-order valence-electron chi connectivity index (χ0n) is 11.1. The average molecular weight is 363 g/mol. The van der Waals surface area contributed by atoms with E-state index in [0.29, 0.717) is 10.8 Å². The van der Waals surface area contributed by atoms with E-state index in [2.05, 4.69) is 36.4 Å². The van der Waals surface area contributed by atoms with Crippen LogP contribution in [0.2, 0.25) is 0 Å². The van der Waals surface area contributed by atoms with Crippen molar-refractivity contribution in [1.82, 2.24) is 25.2 Å². The zero-order chi connectivity index (χ0) is 14.8. The number of nitrogen functional groups attached to an aromatic ring is 1. The molecule has 0 amide bonds. The Labute approximate surface area is 133 Å². The minimum absolute atomic E-state index is 0.638. The molecule has 21 heavy (non-hydrogen) atoms. The Morgan fingerprint density at radius 1 is 1.24 bits per heavy atom. The number of benzene rings is 1. The number of rotatable bonds is 3. The first-order valence-electron chi connectivity index (χ1n) is 6.09. The van der Waals surface area contributed by atoms with E-state index in [4.69, 9.17) is 5.73 Å². The van der Waals surface area contributed by atoms with Crippen LogP contribution in [0, 0.1) is 6.92 Å². The molecule has 2 heterocycles. The van der Waals surface area contributed by atoms with Gasteiger partial charge in [-0.15, -0.1) is 5.10 Å². The molecular weight excluding hydrogens is 352 g/mol. The summed E-state index contributed by atoms with van der Waals surface area (Å²) in [4.78, 5) is 4.33. The van der Waals surface area contributed by atoms with Crippen molar-refractivity contribution in [3.63, 3.8) is 0 Å². The summed E-state index contributed by atoms with van der Waals surface area (Å²) in [6.45, 7) is 1.94. The van der Waals surface area contributed by atoms with Crippen LogP contribution >= 0.6 is 27.7 Å². The van der Waals surface area contributed by atoms with Gasteiger partial charge in [-0.2, -0.15) is 4.68 Å². The SMILES string of the molecule is Cc1c(N)cnc(Sc2nnnn2-c2ccccc2)c1Br. The Morgan fingerprint density at radius 3 is 2.76 bits per heavy atom. The average Bonchev–Trinajstić information content (AvgIpc) is 2.97. The Morgan fingerprint density at radius 2 is 2.00 bits per heavy atom. The van der Waals surface area contributed by atoms with Gasteiger partial charge in [0.1, 0.15) is 5.03 Å². The maximum atomic E-state index is 5.84. The van der Waals surface area contributed by atoms with E-state index in [1.807, 2.05) is 37.3 Å². The van der Waals surface area contributed by atoms with Gasteiger partial charge in [-0.3, -0.25) is 0 Å². The monoisotopic (exact) mass is 362 g/mol. The van der Waals surface area contributed by atoms with E-state index in [1.54, 1.807) is 10.9 Å². The number of para-hydroxylation sites is 1. The topological polar surface area (TPSA) is 82.5 Å². The van der Waals surface area contributed by atoms with Crippen LogP contribution in [0.5, 0.6) is 0 Å². The molecule has 106 valence electrons. The molecule has 0 spiro atoms. The number of nitrogens with two attached hydrogens (primary N) is 1. The third kappa shape index (κ3) is 2.77. The molecule has 3 aromatic rings. The molecule has 8 heteroatoms. The fourth-order valence-corrected chi connectivity index (χ4v) is 3.10. The van der Waals surface area contributed by atoms with Gasteiger partial charge in [-0.1, -0.05) is 18.2 Å². The van der Waals surface area contributed by atoms with Crippen molar-refractivity contribution in [1.29, 1.82) is 0 Å². The van der Waals surface area contributed by atoms with Crippen molar-refractivity contribution < 1.29 is 0 Å². The van der Waals surface area contributed by atoms with Crippen LogP contribution in [0.4, 0.5) is 5.69 Å². The molecule has 0 bridgehead atoms. The number of halogens is 1. The summed E-state index contributed by atoms with van der Waals surface area (Å²) in [6.07, 6.45) is 1.64. The Bertz CT molecular complexity index is 774. The fraction of sp³-hybridized carbons (Fsp3) is 0.0769. The number of aromatic nitrogens is 5. The molecule has 0 fully saturated rings. The van der Waals surface area contributed by atoms with Gasteiger partial charge in [0.05, 0.1) is 22.0 Å². The van der Waals surface area contributed by atoms with Crippen molar-refractivity contribution in [2.24, 2.45) is 0 Å². The van der Waals surface area contributed by atoms with Crippen LogP contribution in [0.3, 0.4) is 0 Å². The maximum Gasteiger partial charge on any atom is 0.220 e. The van der Waals surface area contributed by atoms with Crippen LogP contribution in [0.25, 0.3) is 5.69 Å². The van der Waals surface area contributed by atoms with Crippen molar-refractivity contribution in [2.75, 3.05) is 5.73 Å². The summed E-state index contributed by atoms with van der Waals surface area (Å²) >= 11 is 4.89. The summed E-state index contributed by atoms with van der Waals surface area (Å²) in [7, 11) is 0. The number of pyridine rings is 1. The molecule has 0 aliphatic rings. The maximum absolute atomic E-state index is 5.84. The molecule has 0 saturated carbocycles. The largest absolute Gasteiger partial charge is 0.397 e. The van der Waals surface area contributed by atoms with Crippen LogP contribution < -0.4 is 5.73 Å². The first-order chi connectivity index (χ1) is 10.2. The smallest absolute Gasteiger partial charge is 0.220 e. The summed E-state index contributed by atoms with van der Waals surface area (Å²) in [6, 6.07) is 9.70. The van der Waals surface area contributed by atoms with E-state index >= 15 is 0 Å². The predicted molar refractivity (Wildman–Crippen MR) is 84.4 cm³/mol. The van der Waals surface area contributed by atoms with Crippen LogP contribution in [0.1, 0.15) is 5.56 Å². The second-order valence-electron chi connectivity index (χ2n) is 4.27. The van der Waals surface area contributed by atoms with Crippen molar-refractivity contribution in [3.05, 3.63) is 46.6 Å². The first kappa shape index (κ1) is 14.0. The fourth-order valence-electron chi connectivity index (χ4n) is 1.70. The number of anilines is 1. The third-order valence-corrected chi connectivity index (χ3v) is 5.07. The number of hydrogen-bond donors (Lipinski definition) is 1. The lowest BCUT2D eigenvalue weighted by Crippen LogP contribution is -1.99. The molecule has 2 aromatic heterocycles. The molecular formula is C13H11BrN6S. The Hall–Kier alpha value is -1.93. The highest BCUT2D eigenvalue weighted by atomic mass is 79.9. The highest BCUT2D eigenvalue weighted by Crippen LogP contribution is 2.34. The van der Waals surface area contributed by atoms with E-state index in [9.17, 15) is 0 Å². The standard InChI is InChI=1S/C13H11BrN6S/c1-8-10(15)7-16-12(11(8)14)21-13-17-18-19-20(13)9-5-3-2-4-6-9/h2-7H,15H2,1H3. The van der Waals surface area contributed by atoms with Crippen LogP contribution in [-0.2, 0) is 0 Å². The van der Waals surface area contributed by atoms with Gasteiger partial charge in [0.25, 0.3) is 0 Å². The minimum Gasteiger partial charge on any atom is -0.397 e. The molecule has 2 N–H and O–H groups in total. The molecule has 0 unspecified atom stereocenters. The molecule has 0 saturated heterocycles. The van der Waals surface area contributed by atoms with E-state index in [-0.39, 0.29) is 0 Å². The van der Waals surface area contributed by atoms with Gasteiger partial charge in [0.15, 0.2) is 0 Å². The van der Waals surface area contributed by atoms with Crippen LogP contribution in [0.15, 0.2) is 51.2 Å². The third-order valence-electron chi connectivity index (χ3n) is 2.90. The molecule has 1 aromatic carbocycles. The van der Waals surface area contributed by atoms with Gasteiger partial charge in [-0.25, -0.2) is 4.98 Å². The molecule has 0 aliphatic heterocycles. The van der Waals surface area contributed by atoms with Gasteiger partial charge < -0.3 is 5.73 Å². The molecule has 0 aliphatic carbocycles. The molecule has 0 atom stereocenters. The summed E-state index contributed by atoms with van der Waals surface area (Å²) in [5.74, 6) is 0. The van der Waals surface area contributed by atoms with Gasteiger partial charge in [0, 0.05) is 0 Å². The Balaban J connectivity index is 1.98. The van der Waals surface area contributed by atoms with E-state index < -0.39 is 0 Å². The van der Waals surface area contributed by atoms with Crippen molar-refractivity contribution in [3.8, 4) is 5.69 Å². The normalized spacial score (nSPS) is 10.8. The van der Waals surface area contributed by atoms with Crippen molar-refractivity contribution >= 4 is 33.4 Å². The second kappa shape index (κ2) is 5.82. The quantitative estimate of drug-likeness (QED) is 0.771. The lowest BCUT2D eigenvalue weighted by Gasteiger charge is -2.08. The first-order valence-corrected chi connectivity index (χ1v) is 7.70. The minimum atomic E-state index is 0.638. The highest BCUT2D eigenvalue weighted by Gasteiger charge is 2.14. The predicted octanol–water partition coefficient (Wildman–Crippen LogP) is 2.86. The van der Waals surface area contributed by atoms with E-state index in [0.717, 1.165) is 20.7 Å².